The van der Waals surface area contributed by atoms with Crippen molar-refractivity contribution in [1.29, 1.82) is 0 Å². The highest BCUT2D eigenvalue weighted by atomic mass is 35.5. The van der Waals surface area contributed by atoms with Gasteiger partial charge in [0.2, 0.25) is 5.91 Å². The molecule has 9 heteroatoms. The summed E-state index contributed by atoms with van der Waals surface area (Å²) in [5, 5.41) is 3.97. The van der Waals surface area contributed by atoms with Crippen molar-refractivity contribution in [3.8, 4) is 0 Å². The van der Waals surface area contributed by atoms with Crippen LogP contribution in [0, 0.1) is 17.7 Å². The van der Waals surface area contributed by atoms with Gasteiger partial charge in [0.25, 0.3) is 5.91 Å². The van der Waals surface area contributed by atoms with Crippen LogP contribution < -0.4 is 5.32 Å². The van der Waals surface area contributed by atoms with Crippen LogP contribution in [0.15, 0.2) is 46.3 Å². The van der Waals surface area contributed by atoms with Crippen LogP contribution in [-0.2, 0) is 9.59 Å². The Bertz CT molecular complexity index is 1300. The van der Waals surface area contributed by atoms with Gasteiger partial charge in [-0.25, -0.2) is 4.39 Å². The van der Waals surface area contributed by atoms with Crippen molar-refractivity contribution in [1.82, 2.24) is 9.80 Å². The molecule has 180 valence electrons. The van der Waals surface area contributed by atoms with E-state index in [-0.39, 0.29) is 34.8 Å². The van der Waals surface area contributed by atoms with Gasteiger partial charge in [-0.15, -0.1) is 0 Å². The van der Waals surface area contributed by atoms with E-state index in [1.807, 2.05) is 29.2 Å². The molecule has 0 bridgehead atoms. The molecular formula is C26H24ClFN4O2S. The van der Waals surface area contributed by atoms with Gasteiger partial charge in [0, 0.05) is 47.1 Å². The second-order valence-corrected chi connectivity index (χ2v) is 11.9. The average molecular weight is 511 g/mol. The third kappa shape index (κ3) is 3.64. The van der Waals surface area contributed by atoms with Crippen LogP contribution in [0.3, 0.4) is 0 Å². The first-order valence-corrected chi connectivity index (χ1v) is 13.4. The second kappa shape index (κ2) is 7.71. The molecule has 3 aliphatic heterocycles. The van der Waals surface area contributed by atoms with Crippen LogP contribution in [0.1, 0.15) is 42.2 Å². The average Bonchev–Trinajstić information content (AvgIpc) is 3.73. The zero-order valence-corrected chi connectivity index (χ0v) is 20.5. The Morgan fingerprint density at radius 3 is 2.71 bits per heavy atom. The number of anilines is 1. The van der Waals surface area contributed by atoms with E-state index < -0.39 is 5.54 Å². The zero-order chi connectivity index (χ0) is 23.9. The molecule has 3 fully saturated rings. The van der Waals surface area contributed by atoms with Gasteiger partial charge in [-0.05, 0) is 61.6 Å². The molecular weight excluding hydrogens is 487 g/mol. The van der Waals surface area contributed by atoms with E-state index >= 15 is 4.39 Å². The lowest BCUT2D eigenvalue weighted by Gasteiger charge is -2.41. The van der Waals surface area contributed by atoms with Gasteiger partial charge in [0.05, 0.1) is 5.56 Å². The number of nitrogens with one attached hydrogen (secondary N) is 1. The van der Waals surface area contributed by atoms with Gasteiger partial charge >= 0.3 is 0 Å². The minimum absolute atomic E-state index is 0.0247. The summed E-state index contributed by atoms with van der Waals surface area (Å²) in [7, 11) is 0. The molecule has 1 atom stereocenters. The third-order valence-electron chi connectivity index (χ3n) is 7.59. The molecule has 1 saturated heterocycles. The van der Waals surface area contributed by atoms with E-state index in [0.29, 0.717) is 48.9 Å². The molecule has 6 nitrogen and oxygen atoms in total. The van der Waals surface area contributed by atoms with Crippen LogP contribution >= 0.6 is 23.4 Å². The Hall–Kier alpha value is -2.58. The first-order chi connectivity index (χ1) is 16.9. The molecule has 7 rings (SSSR count). The number of carbonyl (C=O) groups excluding carboxylic acids is 2. The summed E-state index contributed by atoms with van der Waals surface area (Å²) in [5.74, 6) is 0.681. The second-order valence-electron chi connectivity index (χ2n) is 10.3. The summed E-state index contributed by atoms with van der Waals surface area (Å²) in [6, 6.07) is 10.9. The Balaban J connectivity index is 1.10. The quantitative estimate of drug-likeness (QED) is 0.634. The fraction of sp³-hybridized carbons (Fsp3) is 0.423. The highest BCUT2D eigenvalue weighted by Crippen LogP contribution is 2.49. The van der Waals surface area contributed by atoms with Gasteiger partial charge in [-0.1, -0.05) is 29.4 Å². The van der Waals surface area contributed by atoms with Crippen LogP contribution in [-0.4, -0.2) is 52.6 Å². The number of carbonyl (C=O) groups is 2. The van der Waals surface area contributed by atoms with E-state index in [1.165, 1.54) is 6.07 Å². The fourth-order valence-corrected chi connectivity index (χ4v) is 6.64. The minimum Gasteiger partial charge on any atom is -0.368 e. The maximum absolute atomic E-state index is 15.5. The fourth-order valence-electron chi connectivity index (χ4n) is 5.23. The molecule has 2 aromatic rings. The number of benzene rings is 2. The summed E-state index contributed by atoms with van der Waals surface area (Å²) in [6.45, 7) is 1.80. The van der Waals surface area contributed by atoms with Crippen molar-refractivity contribution >= 4 is 46.7 Å². The molecule has 5 aliphatic rings. The Morgan fingerprint density at radius 1 is 1.20 bits per heavy atom. The molecule has 0 aromatic heterocycles. The number of hydrogen-bond acceptors (Lipinski definition) is 5. The molecule has 35 heavy (non-hydrogen) atoms. The zero-order valence-electron chi connectivity index (χ0n) is 19.0. The van der Waals surface area contributed by atoms with E-state index in [2.05, 4.69) is 5.32 Å². The van der Waals surface area contributed by atoms with Gasteiger partial charge in [-0.3, -0.25) is 19.5 Å². The number of rotatable bonds is 5. The number of amidine groups is 1. The van der Waals surface area contributed by atoms with Crippen LogP contribution in [0.4, 0.5) is 10.1 Å². The number of likely N-dealkylation sites (tertiary alicyclic amines) is 1. The Kier molecular flexibility index (Phi) is 4.77. The summed E-state index contributed by atoms with van der Waals surface area (Å²) < 4.78 is 15.5. The predicted molar refractivity (Wildman–Crippen MR) is 133 cm³/mol. The number of aliphatic imine (C=N–C) groups is 1. The Morgan fingerprint density at radius 2 is 2.00 bits per heavy atom. The largest absolute Gasteiger partial charge is 0.368 e. The lowest BCUT2D eigenvalue weighted by atomic mass is 9.98. The highest BCUT2D eigenvalue weighted by Gasteiger charge is 2.58. The first kappa shape index (κ1) is 21.7. The monoisotopic (exact) mass is 510 g/mol. The van der Waals surface area contributed by atoms with Crippen molar-refractivity contribution in [2.24, 2.45) is 16.8 Å². The SMILES string of the molecule is O=C(C1CC1)N1CC(CN2C(=O)C3(CC3)N=C2c2ccc(C3Nc4ccc(Cl)cc4S3)cc2F)C1. The molecule has 2 amide bonds. The normalized spacial score (nSPS) is 24.3. The summed E-state index contributed by atoms with van der Waals surface area (Å²) in [5.41, 5.74) is 1.46. The molecule has 2 aliphatic carbocycles. The van der Waals surface area contributed by atoms with Crippen LogP contribution in [0.2, 0.25) is 5.02 Å². The van der Waals surface area contributed by atoms with Crippen molar-refractivity contribution < 1.29 is 14.0 Å². The van der Waals surface area contributed by atoms with Crippen LogP contribution in [0.25, 0.3) is 0 Å². The number of halogens is 2. The van der Waals surface area contributed by atoms with E-state index in [4.69, 9.17) is 16.6 Å². The molecule has 1 spiro atoms. The van der Waals surface area contributed by atoms with Crippen molar-refractivity contribution in [2.45, 2.75) is 41.5 Å². The van der Waals surface area contributed by atoms with E-state index in [1.54, 1.807) is 22.7 Å². The lowest BCUT2D eigenvalue weighted by Crippen LogP contribution is -2.55. The summed E-state index contributed by atoms with van der Waals surface area (Å²) in [4.78, 5) is 34.8. The maximum Gasteiger partial charge on any atom is 0.256 e. The molecule has 0 radical (unpaired) electrons. The number of fused-ring (bicyclic) bond motifs is 1. The van der Waals surface area contributed by atoms with E-state index in [9.17, 15) is 9.59 Å². The van der Waals surface area contributed by atoms with Crippen molar-refractivity contribution in [3.05, 3.63) is 58.4 Å². The smallest absolute Gasteiger partial charge is 0.256 e. The highest BCUT2D eigenvalue weighted by molar-refractivity contribution is 8.00. The van der Waals surface area contributed by atoms with Gasteiger partial charge < -0.3 is 10.2 Å². The van der Waals surface area contributed by atoms with Crippen LogP contribution in [0.5, 0.6) is 0 Å². The molecule has 3 heterocycles. The summed E-state index contributed by atoms with van der Waals surface area (Å²) in [6.07, 6.45) is 3.42. The lowest BCUT2D eigenvalue weighted by molar-refractivity contribution is -0.139. The van der Waals surface area contributed by atoms with Gasteiger partial charge in [-0.2, -0.15) is 0 Å². The topological polar surface area (TPSA) is 65.0 Å². The summed E-state index contributed by atoms with van der Waals surface area (Å²) >= 11 is 7.71. The standard InChI is InChI=1S/C26H24ClFN4O2S/c27-17-4-6-20-21(10-17)35-23(29-20)16-3-5-18(19(28)9-16)22-30-26(7-8-26)25(34)32(22)13-14-11-31(12-14)24(33)15-1-2-15/h3-6,9-10,14-15,23,29H,1-2,7-8,11-13H2. The molecule has 1 N–H and O–H groups in total. The maximum atomic E-state index is 15.5. The minimum atomic E-state index is -0.697. The number of amides is 2. The first-order valence-electron chi connectivity index (χ1n) is 12.1. The number of hydrogen-bond donors (Lipinski definition) is 1. The molecule has 1 unspecified atom stereocenters. The number of nitrogens with zero attached hydrogens (tertiary/aromatic N) is 3. The number of thioether (sulfide) groups is 1. The third-order valence-corrected chi connectivity index (χ3v) is 9.04. The molecule has 2 aromatic carbocycles. The predicted octanol–water partition coefficient (Wildman–Crippen LogP) is 4.69. The van der Waals surface area contributed by atoms with E-state index in [0.717, 1.165) is 29.0 Å². The molecule has 2 saturated carbocycles. The van der Waals surface area contributed by atoms with Crippen molar-refractivity contribution in [2.75, 3.05) is 25.0 Å². The van der Waals surface area contributed by atoms with Crippen molar-refractivity contribution in [3.63, 3.8) is 0 Å². The van der Waals surface area contributed by atoms with Gasteiger partial charge in [0.1, 0.15) is 22.6 Å². The Labute approximate surface area is 211 Å². The van der Waals surface area contributed by atoms with Gasteiger partial charge in [0.15, 0.2) is 0 Å².